The number of carbonyl (C=O) groups is 2. The predicted molar refractivity (Wildman–Crippen MR) is 47.8 cm³/mol. The van der Waals surface area contributed by atoms with Gasteiger partial charge in [0.15, 0.2) is 0 Å². The second-order valence-electron chi connectivity index (χ2n) is 4.76. The topological polar surface area (TPSA) is 60.2 Å². The molecule has 3 nitrogen and oxygen atoms in total. The first kappa shape index (κ1) is 8.73. The van der Waals surface area contributed by atoms with E-state index in [1.165, 1.54) is 0 Å². The molecule has 2 bridgehead atoms. The Morgan fingerprint density at radius 2 is 2.15 bits per heavy atom. The lowest BCUT2D eigenvalue weighted by Gasteiger charge is -2.33. The molecule has 13 heavy (non-hydrogen) atoms. The number of primary amides is 1. The monoisotopic (exact) mass is 181 g/mol. The molecular formula is C10H15NO2. The second kappa shape index (κ2) is 2.14. The molecule has 2 rings (SSSR count). The fraction of sp³-hybridized carbons (Fsp3) is 0.800. The Morgan fingerprint density at radius 1 is 1.54 bits per heavy atom. The molecule has 72 valence electrons. The van der Waals surface area contributed by atoms with E-state index in [2.05, 4.69) is 0 Å². The van der Waals surface area contributed by atoms with Crippen LogP contribution in [0.1, 0.15) is 33.1 Å². The van der Waals surface area contributed by atoms with Crippen LogP contribution in [-0.2, 0) is 9.59 Å². The quantitative estimate of drug-likeness (QED) is 0.652. The van der Waals surface area contributed by atoms with Crippen molar-refractivity contribution in [2.75, 3.05) is 0 Å². The van der Waals surface area contributed by atoms with Gasteiger partial charge in [-0.3, -0.25) is 9.59 Å². The summed E-state index contributed by atoms with van der Waals surface area (Å²) in [6.45, 7) is 3.75. The maximum absolute atomic E-state index is 11.7. The minimum atomic E-state index is -0.579. The molecule has 2 saturated carbocycles. The van der Waals surface area contributed by atoms with Gasteiger partial charge in [0.05, 0.1) is 5.41 Å². The Balaban J connectivity index is 2.53. The van der Waals surface area contributed by atoms with Crippen LogP contribution in [0.25, 0.3) is 0 Å². The summed E-state index contributed by atoms with van der Waals surface area (Å²) in [4.78, 5) is 23.1. The average Bonchev–Trinajstić information content (AvgIpc) is 2.40. The van der Waals surface area contributed by atoms with Gasteiger partial charge in [-0.15, -0.1) is 0 Å². The van der Waals surface area contributed by atoms with Crippen molar-refractivity contribution in [3.05, 3.63) is 0 Å². The molecule has 2 N–H and O–H groups in total. The van der Waals surface area contributed by atoms with Gasteiger partial charge in [0.25, 0.3) is 0 Å². The van der Waals surface area contributed by atoms with Crippen molar-refractivity contribution in [1.82, 2.24) is 0 Å². The summed E-state index contributed by atoms with van der Waals surface area (Å²) in [6, 6.07) is 0. The molecule has 2 fully saturated rings. The molecule has 2 aliphatic rings. The Bertz CT molecular complexity index is 299. The third kappa shape index (κ3) is 0.713. The summed E-state index contributed by atoms with van der Waals surface area (Å²) >= 11 is 0. The van der Waals surface area contributed by atoms with Crippen LogP contribution in [0, 0.1) is 16.7 Å². The van der Waals surface area contributed by atoms with Crippen molar-refractivity contribution in [1.29, 1.82) is 0 Å². The second-order valence-corrected chi connectivity index (χ2v) is 4.76. The van der Waals surface area contributed by atoms with Crippen LogP contribution in [0.3, 0.4) is 0 Å². The molecule has 2 aliphatic carbocycles. The number of carbonyl (C=O) groups excluding carboxylic acids is 2. The first-order valence-corrected chi connectivity index (χ1v) is 4.76. The average molecular weight is 181 g/mol. The van der Waals surface area contributed by atoms with Gasteiger partial charge in [0.2, 0.25) is 5.91 Å². The predicted octanol–water partition coefficient (Wildman–Crippen LogP) is 0.867. The maximum atomic E-state index is 11.7. The van der Waals surface area contributed by atoms with E-state index in [9.17, 15) is 9.59 Å². The Hall–Kier alpha value is -0.860. The summed E-state index contributed by atoms with van der Waals surface area (Å²) < 4.78 is 0. The van der Waals surface area contributed by atoms with Crippen molar-refractivity contribution in [3.8, 4) is 0 Å². The molecule has 0 saturated heterocycles. The number of nitrogens with two attached hydrogens (primary N) is 1. The van der Waals surface area contributed by atoms with Crippen molar-refractivity contribution >= 4 is 11.7 Å². The lowest BCUT2D eigenvalue weighted by Crippen LogP contribution is -2.45. The zero-order valence-electron chi connectivity index (χ0n) is 8.09. The molecule has 0 aromatic carbocycles. The largest absolute Gasteiger partial charge is 0.369 e. The van der Waals surface area contributed by atoms with Crippen LogP contribution in [0.5, 0.6) is 0 Å². The standard InChI is InChI=1S/C10H15NO2/c1-9-4-3-6(5-7(9)12)10(9,2)8(11)13/h6H,3-5H2,1-2H3,(H2,11,13). The van der Waals surface area contributed by atoms with E-state index < -0.39 is 10.8 Å². The van der Waals surface area contributed by atoms with Crippen LogP contribution in [0.4, 0.5) is 0 Å². The van der Waals surface area contributed by atoms with Crippen molar-refractivity contribution in [2.45, 2.75) is 33.1 Å². The smallest absolute Gasteiger partial charge is 0.224 e. The highest BCUT2D eigenvalue weighted by Gasteiger charge is 2.66. The maximum Gasteiger partial charge on any atom is 0.224 e. The summed E-state index contributed by atoms with van der Waals surface area (Å²) in [5, 5.41) is 0. The molecule has 0 aliphatic heterocycles. The highest BCUT2D eigenvalue weighted by molar-refractivity contribution is 5.98. The van der Waals surface area contributed by atoms with Crippen LogP contribution in [0.2, 0.25) is 0 Å². The number of hydrogen-bond donors (Lipinski definition) is 1. The van der Waals surface area contributed by atoms with Crippen molar-refractivity contribution in [3.63, 3.8) is 0 Å². The Kier molecular flexibility index (Phi) is 1.44. The van der Waals surface area contributed by atoms with E-state index in [-0.39, 0.29) is 17.6 Å². The first-order chi connectivity index (χ1) is 5.93. The van der Waals surface area contributed by atoms with Gasteiger partial charge in [0.1, 0.15) is 5.78 Å². The lowest BCUT2D eigenvalue weighted by molar-refractivity contribution is -0.138. The molecule has 1 amide bonds. The molecule has 0 aromatic rings. The number of amides is 1. The van der Waals surface area contributed by atoms with E-state index in [1.54, 1.807) is 0 Å². The lowest BCUT2D eigenvalue weighted by atomic mass is 9.68. The number of hydrogen-bond acceptors (Lipinski definition) is 2. The van der Waals surface area contributed by atoms with Gasteiger partial charge in [-0.1, -0.05) is 6.92 Å². The summed E-state index contributed by atoms with van der Waals surface area (Å²) in [7, 11) is 0. The molecule has 0 radical (unpaired) electrons. The SMILES string of the molecule is CC12CCC(CC1=O)C2(C)C(N)=O. The third-order valence-corrected chi connectivity index (χ3v) is 4.51. The van der Waals surface area contributed by atoms with Gasteiger partial charge >= 0.3 is 0 Å². The fourth-order valence-corrected chi connectivity index (χ4v) is 3.12. The molecule has 0 aromatic heterocycles. The van der Waals surface area contributed by atoms with E-state index >= 15 is 0 Å². The number of rotatable bonds is 1. The highest BCUT2D eigenvalue weighted by atomic mass is 16.2. The normalized spacial score (nSPS) is 48.5. The zero-order chi connectivity index (χ0) is 9.85. The van der Waals surface area contributed by atoms with E-state index in [0.29, 0.717) is 6.42 Å². The summed E-state index contributed by atoms with van der Waals surface area (Å²) in [5.74, 6) is 0.121. The Labute approximate surface area is 77.7 Å². The highest BCUT2D eigenvalue weighted by Crippen LogP contribution is 2.63. The van der Waals surface area contributed by atoms with Crippen LogP contribution in [0.15, 0.2) is 0 Å². The molecule has 0 spiro atoms. The van der Waals surface area contributed by atoms with Crippen molar-refractivity contribution in [2.24, 2.45) is 22.5 Å². The first-order valence-electron chi connectivity index (χ1n) is 4.76. The van der Waals surface area contributed by atoms with Crippen molar-refractivity contribution < 1.29 is 9.59 Å². The van der Waals surface area contributed by atoms with Gasteiger partial charge in [-0.2, -0.15) is 0 Å². The molecule has 3 atom stereocenters. The van der Waals surface area contributed by atoms with Crippen LogP contribution in [-0.4, -0.2) is 11.7 Å². The number of fused-ring (bicyclic) bond motifs is 2. The van der Waals surface area contributed by atoms with E-state index in [0.717, 1.165) is 12.8 Å². The minimum Gasteiger partial charge on any atom is -0.369 e. The van der Waals surface area contributed by atoms with Gasteiger partial charge in [-0.05, 0) is 25.7 Å². The van der Waals surface area contributed by atoms with Gasteiger partial charge in [-0.25, -0.2) is 0 Å². The van der Waals surface area contributed by atoms with Gasteiger partial charge < -0.3 is 5.73 Å². The van der Waals surface area contributed by atoms with Gasteiger partial charge in [0, 0.05) is 11.8 Å². The van der Waals surface area contributed by atoms with Crippen LogP contribution < -0.4 is 5.73 Å². The summed E-state index contributed by atoms with van der Waals surface area (Å²) in [5.41, 5.74) is 4.36. The summed E-state index contributed by atoms with van der Waals surface area (Å²) in [6.07, 6.45) is 2.35. The molecule has 0 heterocycles. The Morgan fingerprint density at radius 3 is 2.38 bits per heavy atom. The van der Waals surface area contributed by atoms with Crippen LogP contribution >= 0.6 is 0 Å². The number of Topliss-reactive ketones (excluding diaryl/α,β-unsaturated/α-hetero) is 1. The molecule has 3 heteroatoms. The fourth-order valence-electron chi connectivity index (χ4n) is 3.12. The number of ketones is 1. The minimum absolute atomic E-state index is 0.197. The van der Waals surface area contributed by atoms with E-state index in [4.69, 9.17) is 5.73 Å². The van der Waals surface area contributed by atoms with E-state index in [1.807, 2.05) is 13.8 Å². The molecule has 3 unspecified atom stereocenters. The zero-order valence-corrected chi connectivity index (χ0v) is 8.09. The third-order valence-electron chi connectivity index (χ3n) is 4.51. The molecular weight excluding hydrogens is 166 g/mol.